The minimum Gasteiger partial charge on any atom is -0.0760 e. The van der Waals surface area contributed by atoms with Gasteiger partial charge in [0.2, 0.25) is 0 Å². The standard InChI is InChI=1S/C36H22Br2/c37-33-19-31(25-11-9-21-5-1-3-7-23(21)17-25)27-13-15-30-34(38)20-32(28-14-16-29(33)35(27)36(28)30)26-12-10-22-6-2-4-8-24(22)18-26/h1-17,19-20,26H,18H2. The van der Waals surface area contributed by atoms with E-state index in [1.54, 1.807) is 0 Å². The van der Waals surface area contributed by atoms with Gasteiger partial charge in [-0.3, -0.25) is 0 Å². The third-order valence-corrected chi connectivity index (χ3v) is 9.60. The summed E-state index contributed by atoms with van der Waals surface area (Å²) in [5, 5.41) is 10.4. The molecule has 7 aromatic carbocycles. The Bertz CT molecular complexity index is 2080. The quantitative estimate of drug-likeness (QED) is 0.170. The van der Waals surface area contributed by atoms with Crippen LogP contribution in [-0.2, 0) is 6.42 Å². The van der Waals surface area contributed by atoms with E-state index in [0.29, 0.717) is 5.92 Å². The fourth-order valence-electron chi connectivity index (χ4n) is 6.46. The lowest BCUT2D eigenvalue weighted by atomic mass is 9.81. The molecule has 0 N–H and O–H groups in total. The minimum absolute atomic E-state index is 0.342. The van der Waals surface area contributed by atoms with Gasteiger partial charge in [0.05, 0.1) is 0 Å². The number of halogens is 2. The number of hydrogen-bond donors (Lipinski definition) is 0. The zero-order valence-electron chi connectivity index (χ0n) is 20.5. The molecule has 180 valence electrons. The summed E-state index contributed by atoms with van der Waals surface area (Å²) in [6.07, 6.45) is 5.70. The summed E-state index contributed by atoms with van der Waals surface area (Å²) in [4.78, 5) is 0. The smallest absolute Gasteiger partial charge is 0.0260 e. The van der Waals surface area contributed by atoms with Crippen LogP contribution in [-0.4, -0.2) is 0 Å². The molecule has 7 aromatic rings. The van der Waals surface area contributed by atoms with E-state index in [1.165, 1.54) is 70.9 Å². The van der Waals surface area contributed by atoms with Gasteiger partial charge < -0.3 is 0 Å². The Kier molecular flexibility index (Phi) is 5.05. The van der Waals surface area contributed by atoms with Crippen LogP contribution in [0.4, 0.5) is 0 Å². The summed E-state index contributed by atoms with van der Waals surface area (Å²) in [6, 6.07) is 38.0. The fourth-order valence-corrected chi connectivity index (χ4v) is 7.59. The van der Waals surface area contributed by atoms with Crippen LogP contribution in [0.15, 0.2) is 118 Å². The number of allylic oxidation sites excluding steroid dienone is 1. The largest absolute Gasteiger partial charge is 0.0760 e. The van der Waals surface area contributed by atoms with Gasteiger partial charge in [-0.05, 0) is 95.5 Å². The van der Waals surface area contributed by atoms with Crippen molar-refractivity contribution in [2.75, 3.05) is 0 Å². The van der Waals surface area contributed by atoms with E-state index in [-0.39, 0.29) is 0 Å². The topological polar surface area (TPSA) is 0 Å². The van der Waals surface area contributed by atoms with E-state index in [9.17, 15) is 0 Å². The van der Waals surface area contributed by atoms with E-state index < -0.39 is 0 Å². The molecule has 1 unspecified atom stereocenters. The molecule has 1 aliphatic rings. The first-order chi connectivity index (χ1) is 18.7. The number of rotatable bonds is 2. The first-order valence-electron chi connectivity index (χ1n) is 13.0. The zero-order valence-corrected chi connectivity index (χ0v) is 23.7. The number of benzene rings is 7. The maximum absolute atomic E-state index is 3.96. The van der Waals surface area contributed by atoms with Gasteiger partial charge in [0, 0.05) is 14.9 Å². The second-order valence-corrected chi connectivity index (χ2v) is 12.1. The lowest BCUT2D eigenvalue weighted by Gasteiger charge is -2.24. The Balaban J connectivity index is 1.41. The summed E-state index contributed by atoms with van der Waals surface area (Å²) >= 11 is 7.91. The molecule has 38 heavy (non-hydrogen) atoms. The molecule has 1 aliphatic carbocycles. The van der Waals surface area contributed by atoms with Crippen molar-refractivity contribution >= 4 is 81.0 Å². The van der Waals surface area contributed by atoms with Crippen LogP contribution in [0, 0.1) is 0 Å². The van der Waals surface area contributed by atoms with E-state index in [2.05, 4.69) is 147 Å². The van der Waals surface area contributed by atoms with Gasteiger partial charge in [-0.1, -0.05) is 129 Å². The third-order valence-electron chi connectivity index (χ3n) is 8.29. The van der Waals surface area contributed by atoms with Crippen LogP contribution >= 0.6 is 31.9 Å². The van der Waals surface area contributed by atoms with Crippen LogP contribution in [0.25, 0.3) is 60.3 Å². The second kappa shape index (κ2) is 8.53. The Hall–Kier alpha value is -3.46. The highest BCUT2D eigenvalue weighted by Gasteiger charge is 2.22. The highest BCUT2D eigenvalue weighted by Crippen LogP contribution is 2.47. The van der Waals surface area contributed by atoms with Gasteiger partial charge in [0.15, 0.2) is 0 Å². The first kappa shape index (κ1) is 22.5. The average Bonchev–Trinajstić information content (AvgIpc) is 2.97. The molecule has 0 radical (unpaired) electrons. The highest BCUT2D eigenvalue weighted by atomic mass is 79.9. The first-order valence-corrected chi connectivity index (χ1v) is 14.6. The highest BCUT2D eigenvalue weighted by molar-refractivity contribution is 9.11. The molecular weight excluding hydrogens is 592 g/mol. The molecule has 0 saturated carbocycles. The zero-order chi connectivity index (χ0) is 25.4. The van der Waals surface area contributed by atoms with Crippen molar-refractivity contribution in [2.45, 2.75) is 12.3 Å². The predicted molar refractivity (Wildman–Crippen MR) is 170 cm³/mol. The molecule has 0 heterocycles. The normalized spacial score (nSPS) is 15.2. The molecule has 0 spiro atoms. The van der Waals surface area contributed by atoms with Gasteiger partial charge >= 0.3 is 0 Å². The number of hydrogen-bond acceptors (Lipinski definition) is 0. The summed E-state index contributed by atoms with van der Waals surface area (Å²) in [6.45, 7) is 0. The minimum atomic E-state index is 0.342. The van der Waals surface area contributed by atoms with Gasteiger partial charge in [-0.2, -0.15) is 0 Å². The van der Waals surface area contributed by atoms with Crippen molar-refractivity contribution in [1.82, 2.24) is 0 Å². The molecule has 0 nitrogen and oxygen atoms in total. The van der Waals surface area contributed by atoms with Crippen molar-refractivity contribution in [3.63, 3.8) is 0 Å². The maximum atomic E-state index is 3.96. The summed E-state index contributed by atoms with van der Waals surface area (Å²) < 4.78 is 2.30. The monoisotopic (exact) mass is 612 g/mol. The number of fused-ring (bicyclic) bond motifs is 2. The van der Waals surface area contributed by atoms with E-state index >= 15 is 0 Å². The van der Waals surface area contributed by atoms with Gasteiger partial charge in [0.1, 0.15) is 0 Å². The average molecular weight is 614 g/mol. The maximum Gasteiger partial charge on any atom is 0.0260 e. The van der Waals surface area contributed by atoms with Crippen molar-refractivity contribution in [3.05, 3.63) is 135 Å². The van der Waals surface area contributed by atoms with Crippen molar-refractivity contribution < 1.29 is 0 Å². The lowest BCUT2D eigenvalue weighted by molar-refractivity contribution is 0.834. The summed E-state index contributed by atoms with van der Waals surface area (Å²) in [7, 11) is 0. The van der Waals surface area contributed by atoms with Gasteiger partial charge in [-0.25, -0.2) is 0 Å². The van der Waals surface area contributed by atoms with Crippen molar-refractivity contribution in [3.8, 4) is 11.1 Å². The van der Waals surface area contributed by atoms with E-state index in [1.807, 2.05) is 0 Å². The van der Waals surface area contributed by atoms with Crippen LogP contribution < -0.4 is 0 Å². The molecule has 0 bridgehead atoms. The molecular formula is C36H22Br2. The predicted octanol–water partition coefficient (Wildman–Crippen LogP) is 11.3. The molecule has 2 heteroatoms. The molecule has 0 aliphatic heterocycles. The molecule has 0 fully saturated rings. The third kappa shape index (κ3) is 3.33. The van der Waals surface area contributed by atoms with Crippen LogP contribution in [0.3, 0.4) is 0 Å². The van der Waals surface area contributed by atoms with E-state index in [0.717, 1.165) is 15.4 Å². The Morgan fingerprint density at radius 1 is 0.579 bits per heavy atom. The van der Waals surface area contributed by atoms with Crippen LogP contribution in [0.5, 0.6) is 0 Å². The molecule has 0 saturated heterocycles. The Morgan fingerprint density at radius 3 is 2.13 bits per heavy atom. The van der Waals surface area contributed by atoms with Gasteiger partial charge in [0.25, 0.3) is 0 Å². The summed E-state index contributed by atoms with van der Waals surface area (Å²) in [5.41, 5.74) is 6.65. The van der Waals surface area contributed by atoms with Crippen molar-refractivity contribution in [1.29, 1.82) is 0 Å². The van der Waals surface area contributed by atoms with Crippen molar-refractivity contribution in [2.24, 2.45) is 0 Å². The second-order valence-electron chi connectivity index (χ2n) is 10.4. The molecule has 8 rings (SSSR count). The van der Waals surface area contributed by atoms with Crippen LogP contribution in [0.2, 0.25) is 0 Å². The lowest BCUT2D eigenvalue weighted by Crippen LogP contribution is -2.06. The Labute approximate surface area is 238 Å². The summed E-state index contributed by atoms with van der Waals surface area (Å²) in [5.74, 6) is 0.342. The molecule has 1 atom stereocenters. The molecule has 0 amide bonds. The SMILES string of the molecule is Brc1cc(-c2ccc3ccccc3c2)c2ccc3c(Br)cc(C4C=Cc5ccccc5C4)c4ccc1c2c34. The van der Waals surface area contributed by atoms with Gasteiger partial charge in [-0.15, -0.1) is 0 Å². The fraction of sp³-hybridized carbons (Fsp3) is 0.0556. The Morgan fingerprint density at radius 2 is 1.26 bits per heavy atom. The van der Waals surface area contributed by atoms with E-state index in [4.69, 9.17) is 0 Å². The molecule has 0 aromatic heterocycles. The van der Waals surface area contributed by atoms with Crippen LogP contribution in [0.1, 0.15) is 22.6 Å².